The van der Waals surface area contributed by atoms with Gasteiger partial charge in [-0.3, -0.25) is 0 Å². The second kappa shape index (κ2) is 5.71. The van der Waals surface area contributed by atoms with E-state index in [-0.39, 0.29) is 6.10 Å². The summed E-state index contributed by atoms with van der Waals surface area (Å²) in [6.45, 7) is 0.388. The molecule has 2 atom stereocenters. The number of ether oxygens (including phenoxy) is 1. The van der Waals surface area contributed by atoms with E-state index in [1.54, 1.807) is 6.07 Å². The minimum absolute atomic E-state index is 0.158. The Hall–Kier alpha value is -0.770. The lowest BCUT2D eigenvalue weighted by atomic mass is 9.95. The van der Waals surface area contributed by atoms with Crippen molar-refractivity contribution in [3.05, 3.63) is 28.8 Å². The summed E-state index contributed by atoms with van der Waals surface area (Å²) in [6, 6.07) is 5.54. The molecule has 0 amide bonds. The number of aliphatic hydroxyl groups is 1. The first-order valence-corrected chi connectivity index (χ1v) is 6.42. The molecule has 1 aliphatic carbocycles. The maximum absolute atomic E-state index is 9.89. The van der Waals surface area contributed by atoms with E-state index in [9.17, 15) is 5.11 Å². The van der Waals surface area contributed by atoms with Crippen LogP contribution in [0.15, 0.2) is 18.2 Å². The topological polar surface area (TPSA) is 55.5 Å². The van der Waals surface area contributed by atoms with Gasteiger partial charge in [-0.05, 0) is 25.3 Å². The molecule has 0 spiro atoms. The van der Waals surface area contributed by atoms with Crippen molar-refractivity contribution in [3.8, 4) is 5.75 Å². The molecular formula is C13H18ClNO2. The van der Waals surface area contributed by atoms with E-state index in [2.05, 4.69) is 0 Å². The summed E-state index contributed by atoms with van der Waals surface area (Å²) >= 11 is 6.11. The zero-order valence-electron chi connectivity index (χ0n) is 9.73. The van der Waals surface area contributed by atoms with Crippen molar-refractivity contribution < 1.29 is 9.84 Å². The van der Waals surface area contributed by atoms with Gasteiger partial charge >= 0.3 is 0 Å². The van der Waals surface area contributed by atoms with Crippen molar-refractivity contribution in [2.75, 3.05) is 0 Å². The van der Waals surface area contributed by atoms with E-state index in [1.807, 2.05) is 12.1 Å². The molecule has 0 radical (unpaired) electrons. The van der Waals surface area contributed by atoms with Crippen LogP contribution in [0, 0.1) is 0 Å². The van der Waals surface area contributed by atoms with Gasteiger partial charge < -0.3 is 15.6 Å². The van der Waals surface area contributed by atoms with Gasteiger partial charge in [0.15, 0.2) is 0 Å². The van der Waals surface area contributed by atoms with Crippen molar-refractivity contribution in [1.29, 1.82) is 0 Å². The highest BCUT2D eigenvalue weighted by molar-refractivity contribution is 6.32. The van der Waals surface area contributed by atoms with E-state index in [4.69, 9.17) is 22.1 Å². The number of hydrogen-bond acceptors (Lipinski definition) is 3. The van der Waals surface area contributed by atoms with Crippen LogP contribution in [0.4, 0.5) is 0 Å². The van der Waals surface area contributed by atoms with Gasteiger partial charge in [0.25, 0.3) is 0 Å². The lowest BCUT2D eigenvalue weighted by Crippen LogP contribution is -2.35. The van der Waals surface area contributed by atoms with Crippen LogP contribution in [0.25, 0.3) is 0 Å². The fourth-order valence-corrected chi connectivity index (χ4v) is 2.45. The van der Waals surface area contributed by atoms with Crippen LogP contribution in [0.1, 0.15) is 31.2 Å². The monoisotopic (exact) mass is 255 g/mol. The fourth-order valence-electron chi connectivity index (χ4n) is 2.21. The summed E-state index contributed by atoms with van der Waals surface area (Å²) in [5.41, 5.74) is 6.54. The molecule has 0 aliphatic heterocycles. The lowest BCUT2D eigenvalue weighted by Gasteiger charge is -2.29. The molecule has 2 unspecified atom stereocenters. The number of para-hydroxylation sites is 1. The molecule has 3 nitrogen and oxygen atoms in total. The highest BCUT2D eigenvalue weighted by Gasteiger charge is 2.26. The van der Waals surface area contributed by atoms with Crippen LogP contribution in [0.5, 0.6) is 5.75 Å². The van der Waals surface area contributed by atoms with Crippen molar-refractivity contribution in [2.45, 2.75) is 44.4 Å². The molecule has 0 aromatic heterocycles. The van der Waals surface area contributed by atoms with Gasteiger partial charge in [-0.25, -0.2) is 0 Å². The Kier molecular flexibility index (Phi) is 4.26. The van der Waals surface area contributed by atoms with Gasteiger partial charge in [0.1, 0.15) is 11.9 Å². The maximum atomic E-state index is 9.89. The van der Waals surface area contributed by atoms with Gasteiger partial charge in [-0.2, -0.15) is 0 Å². The maximum Gasteiger partial charge on any atom is 0.142 e. The van der Waals surface area contributed by atoms with Crippen molar-refractivity contribution in [3.63, 3.8) is 0 Å². The number of halogens is 1. The fraction of sp³-hybridized carbons (Fsp3) is 0.538. The highest BCUT2D eigenvalue weighted by atomic mass is 35.5. The van der Waals surface area contributed by atoms with Gasteiger partial charge in [0.2, 0.25) is 0 Å². The van der Waals surface area contributed by atoms with Gasteiger partial charge in [-0.15, -0.1) is 0 Å². The molecule has 4 heteroatoms. The molecule has 94 valence electrons. The third-order valence-electron chi connectivity index (χ3n) is 3.21. The first kappa shape index (κ1) is 12.7. The molecule has 1 fully saturated rings. The Morgan fingerprint density at radius 3 is 2.82 bits per heavy atom. The van der Waals surface area contributed by atoms with E-state index in [0.717, 1.165) is 31.2 Å². The average molecular weight is 256 g/mol. The predicted molar refractivity (Wildman–Crippen MR) is 68.2 cm³/mol. The summed E-state index contributed by atoms with van der Waals surface area (Å²) in [7, 11) is 0. The van der Waals surface area contributed by atoms with Crippen molar-refractivity contribution in [1.82, 2.24) is 0 Å². The van der Waals surface area contributed by atoms with Gasteiger partial charge in [0, 0.05) is 12.1 Å². The molecule has 0 saturated heterocycles. The summed E-state index contributed by atoms with van der Waals surface area (Å²) in [4.78, 5) is 0. The quantitative estimate of drug-likeness (QED) is 0.873. The van der Waals surface area contributed by atoms with E-state index < -0.39 is 6.10 Å². The third kappa shape index (κ3) is 2.92. The Bertz CT molecular complexity index is 384. The molecule has 17 heavy (non-hydrogen) atoms. The van der Waals surface area contributed by atoms with Crippen LogP contribution in [0.3, 0.4) is 0 Å². The Morgan fingerprint density at radius 1 is 1.35 bits per heavy atom. The first-order valence-electron chi connectivity index (χ1n) is 6.04. The number of benzene rings is 1. The van der Waals surface area contributed by atoms with Crippen LogP contribution >= 0.6 is 11.6 Å². The summed E-state index contributed by atoms with van der Waals surface area (Å²) in [5.74, 6) is 0.627. The minimum Gasteiger partial charge on any atom is -0.486 e. The van der Waals surface area contributed by atoms with Crippen LogP contribution < -0.4 is 10.5 Å². The first-order chi connectivity index (χ1) is 8.22. The van der Waals surface area contributed by atoms with E-state index in [0.29, 0.717) is 17.3 Å². The SMILES string of the molecule is NCc1cccc(Cl)c1OC1CCCCC1O. The predicted octanol–water partition coefficient (Wildman–Crippen LogP) is 2.48. The van der Waals surface area contributed by atoms with Crippen LogP contribution in [-0.4, -0.2) is 17.3 Å². The normalized spacial score (nSPS) is 24.6. The number of nitrogens with two attached hydrogens (primary N) is 1. The Labute approximate surface area is 107 Å². The molecule has 2 rings (SSSR count). The molecular weight excluding hydrogens is 238 g/mol. The van der Waals surface area contributed by atoms with Crippen LogP contribution in [-0.2, 0) is 6.54 Å². The second-order valence-electron chi connectivity index (χ2n) is 4.44. The second-order valence-corrected chi connectivity index (χ2v) is 4.85. The van der Waals surface area contributed by atoms with Crippen LogP contribution in [0.2, 0.25) is 5.02 Å². The van der Waals surface area contributed by atoms with Crippen molar-refractivity contribution in [2.24, 2.45) is 5.73 Å². The summed E-state index contributed by atoms with van der Waals surface area (Å²) in [6.07, 6.45) is 3.26. The molecule has 1 aromatic carbocycles. The smallest absolute Gasteiger partial charge is 0.142 e. The van der Waals surface area contributed by atoms with Gasteiger partial charge in [-0.1, -0.05) is 30.2 Å². The average Bonchev–Trinajstić information content (AvgIpc) is 2.34. The number of aliphatic hydroxyl groups excluding tert-OH is 1. The zero-order chi connectivity index (χ0) is 12.3. The largest absolute Gasteiger partial charge is 0.486 e. The molecule has 0 bridgehead atoms. The third-order valence-corrected chi connectivity index (χ3v) is 3.50. The molecule has 1 saturated carbocycles. The summed E-state index contributed by atoms with van der Waals surface area (Å²) < 4.78 is 5.86. The lowest BCUT2D eigenvalue weighted by molar-refractivity contribution is 0.00647. The number of hydrogen-bond donors (Lipinski definition) is 2. The summed E-state index contributed by atoms with van der Waals surface area (Å²) in [5, 5.41) is 10.4. The zero-order valence-corrected chi connectivity index (χ0v) is 10.5. The van der Waals surface area contributed by atoms with E-state index >= 15 is 0 Å². The van der Waals surface area contributed by atoms with E-state index in [1.165, 1.54) is 0 Å². The Morgan fingerprint density at radius 2 is 2.12 bits per heavy atom. The molecule has 1 aliphatic rings. The molecule has 0 heterocycles. The minimum atomic E-state index is -0.398. The number of rotatable bonds is 3. The Balaban J connectivity index is 2.16. The molecule has 1 aromatic rings. The van der Waals surface area contributed by atoms with Crippen molar-refractivity contribution >= 4 is 11.6 Å². The van der Waals surface area contributed by atoms with Gasteiger partial charge in [0.05, 0.1) is 11.1 Å². The standard InChI is InChI=1S/C13H18ClNO2/c14-10-5-3-4-9(8-15)13(10)17-12-7-2-1-6-11(12)16/h3-5,11-12,16H,1-2,6-8,15H2. The highest BCUT2D eigenvalue weighted by Crippen LogP contribution is 2.32. The molecule has 3 N–H and O–H groups in total.